The summed E-state index contributed by atoms with van der Waals surface area (Å²) in [5, 5.41) is 14.1. The minimum Gasteiger partial charge on any atom is -0.360 e. The van der Waals surface area contributed by atoms with Crippen molar-refractivity contribution in [1.29, 1.82) is 5.41 Å². The molecule has 1 saturated heterocycles. The van der Waals surface area contributed by atoms with Gasteiger partial charge in [0.05, 0.1) is 15.6 Å². The fraction of sp³-hybridized carbons (Fsp3) is 0.240. The summed E-state index contributed by atoms with van der Waals surface area (Å²) < 4.78 is 0. The number of carbonyl (C=O) groups excluding carboxylic acids is 1. The number of carbonyl (C=O) groups is 1. The van der Waals surface area contributed by atoms with Crippen LogP contribution >= 0.6 is 22.9 Å². The van der Waals surface area contributed by atoms with E-state index in [1.807, 2.05) is 23.6 Å². The Labute approximate surface area is 203 Å². The van der Waals surface area contributed by atoms with Gasteiger partial charge in [-0.25, -0.2) is 0 Å². The van der Waals surface area contributed by atoms with Crippen LogP contribution in [0.5, 0.6) is 0 Å². The number of rotatable bonds is 7. The number of nitrogens with one attached hydrogen (secondary N) is 2. The maximum atomic E-state index is 13.3. The topological polar surface area (TPSA) is 72.3 Å². The van der Waals surface area contributed by atoms with Gasteiger partial charge in [-0.3, -0.25) is 25.0 Å². The maximum absolute atomic E-state index is 13.3. The number of thiophene rings is 1. The Hall–Kier alpha value is -3.00. The first-order valence-electron chi connectivity index (χ1n) is 10.9. The van der Waals surface area contributed by atoms with Crippen molar-refractivity contribution in [2.45, 2.75) is 25.4 Å². The Morgan fingerprint density at radius 3 is 2.70 bits per heavy atom. The molecule has 1 amide bonds. The number of anilines is 1. The molecule has 0 unspecified atom stereocenters. The number of hydrogen-bond acceptors (Lipinski definition) is 6. The fourth-order valence-electron chi connectivity index (χ4n) is 3.95. The molecule has 1 aliphatic rings. The van der Waals surface area contributed by atoms with Crippen LogP contribution in [-0.4, -0.2) is 45.7 Å². The van der Waals surface area contributed by atoms with Crippen LogP contribution < -0.4 is 5.32 Å². The van der Waals surface area contributed by atoms with Crippen LogP contribution in [0, 0.1) is 5.41 Å². The summed E-state index contributed by atoms with van der Waals surface area (Å²) in [4.78, 5) is 22.0. The van der Waals surface area contributed by atoms with Crippen molar-refractivity contribution in [3.8, 4) is 0 Å². The molecule has 2 N–H and O–H groups in total. The summed E-state index contributed by atoms with van der Waals surface area (Å²) in [5.74, 6) is 0.0377. The third-order valence-corrected chi connectivity index (χ3v) is 6.79. The van der Waals surface area contributed by atoms with E-state index < -0.39 is 0 Å². The lowest BCUT2D eigenvalue weighted by Gasteiger charge is -2.38. The first-order chi connectivity index (χ1) is 16.1. The van der Waals surface area contributed by atoms with Gasteiger partial charge in [0, 0.05) is 44.3 Å². The Balaban J connectivity index is 1.44. The zero-order chi connectivity index (χ0) is 23.0. The molecular formula is C25H26ClN5OS. The largest absolute Gasteiger partial charge is 0.360 e. The second kappa shape index (κ2) is 11.2. The summed E-state index contributed by atoms with van der Waals surface area (Å²) in [6, 6.07) is 15.8. The molecular weight excluding hydrogens is 454 g/mol. The van der Waals surface area contributed by atoms with Gasteiger partial charge in [-0.1, -0.05) is 48.0 Å². The van der Waals surface area contributed by atoms with Gasteiger partial charge in [0.2, 0.25) is 0 Å². The third kappa shape index (κ3) is 6.07. The van der Waals surface area contributed by atoms with E-state index in [0.717, 1.165) is 32.5 Å². The van der Waals surface area contributed by atoms with Crippen molar-refractivity contribution < 1.29 is 4.79 Å². The number of amidine groups is 1. The van der Waals surface area contributed by atoms with Crippen LogP contribution in [0.15, 0.2) is 78.6 Å². The molecule has 0 aliphatic carbocycles. The summed E-state index contributed by atoms with van der Waals surface area (Å²) >= 11 is 7.54. The number of pyridine rings is 1. The average Bonchev–Trinajstić information content (AvgIpc) is 3.37. The van der Waals surface area contributed by atoms with E-state index >= 15 is 0 Å². The Kier molecular flexibility index (Phi) is 7.88. The average molecular weight is 480 g/mol. The lowest BCUT2D eigenvalue weighted by molar-refractivity contribution is 0.0734. The predicted molar refractivity (Wildman–Crippen MR) is 135 cm³/mol. The van der Waals surface area contributed by atoms with Gasteiger partial charge in [-0.05, 0) is 42.0 Å². The molecule has 0 radical (unpaired) electrons. The molecule has 33 heavy (non-hydrogen) atoms. The number of amides is 1. The molecule has 3 heterocycles. The molecule has 0 atom stereocenters. The Morgan fingerprint density at radius 2 is 2.00 bits per heavy atom. The molecule has 1 aliphatic heterocycles. The normalized spacial score (nSPS) is 14.9. The maximum Gasteiger partial charge on any atom is 0.269 e. The smallest absolute Gasteiger partial charge is 0.269 e. The second-order valence-corrected chi connectivity index (χ2v) is 9.22. The third-order valence-electron chi connectivity index (χ3n) is 5.63. The van der Waals surface area contributed by atoms with Crippen LogP contribution in [0.4, 0.5) is 5.69 Å². The standard InChI is InChI=1S/C25H26ClN5OS/c26-21-17-28-12-8-22(21)29-13-9-24(27)31(25(32)23-7-4-16-33-23)20-10-14-30(15-11-20)18-19-5-2-1-3-6-19/h1-9,12-13,16-17,20,27H,10-11,14-15,18H2,(H,28,29)/b13-9-,27-24?. The zero-order valence-corrected chi connectivity index (χ0v) is 19.7. The van der Waals surface area contributed by atoms with Crippen molar-refractivity contribution >= 4 is 40.4 Å². The van der Waals surface area contributed by atoms with E-state index in [1.54, 1.807) is 35.6 Å². The highest BCUT2D eigenvalue weighted by molar-refractivity contribution is 7.12. The highest BCUT2D eigenvalue weighted by atomic mass is 35.5. The molecule has 2 aromatic heterocycles. The number of hydrogen-bond donors (Lipinski definition) is 2. The van der Waals surface area contributed by atoms with Gasteiger partial charge in [0.15, 0.2) is 0 Å². The molecule has 3 aromatic rings. The molecule has 0 spiro atoms. The number of nitrogens with zero attached hydrogens (tertiary/aromatic N) is 3. The quantitative estimate of drug-likeness (QED) is 0.346. The van der Waals surface area contributed by atoms with Crippen molar-refractivity contribution in [2.75, 3.05) is 18.4 Å². The molecule has 170 valence electrons. The van der Waals surface area contributed by atoms with Crippen LogP contribution in [-0.2, 0) is 6.54 Å². The van der Waals surface area contributed by atoms with Crippen molar-refractivity contribution in [1.82, 2.24) is 14.8 Å². The lowest BCUT2D eigenvalue weighted by Crippen LogP contribution is -2.49. The summed E-state index contributed by atoms with van der Waals surface area (Å²) in [5.41, 5.74) is 1.99. The van der Waals surface area contributed by atoms with Gasteiger partial charge in [0.25, 0.3) is 5.91 Å². The number of piperidine rings is 1. The number of aromatic nitrogens is 1. The minimum absolute atomic E-state index is 0.0201. The number of likely N-dealkylation sites (tertiary alicyclic amines) is 1. The van der Waals surface area contributed by atoms with Crippen molar-refractivity contribution in [3.05, 3.63) is 94.0 Å². The summed E-state index contributed by atoms with van der Waals surface area (Å²) in [6.07, 6.45) is 8.09. The highest BCUT2D eigenvalue weighted by Gasteiger charge is 2.31. The lowest BCUT2D eigenvalue weighted by atomic mass is 10.0. The summed E-state index contributed by atoms with van der Waals surface area (Å²) in [6.45, 7) is 2.67. The second-order valence-electron chi connectivity index (χ2n) is 7.86. The van der Waals surface area contributed by atoms with Crippen LogP contribution in [0.2, 0.25) is 5.02 Å². The monoisotopic (exact) mass is 479 g/mol. The number of halogens is 1. The fourth-order valence-corrected chi connectivity index (χ4v) is 4.79. The molecule has 8 heteroatoms. The van der Waals surface area contributed by atoms with E-state index in [4.69, 9.17) is 17.0 Å². The van der Waals surface area contributed by atoms with Gasteiger partial charge in [-0.15, -0.1) is 11.3 Å². The van der Waals surface area contributed by atoms with Crippen molar-refractivity contribution in [2.24, 2.45) is 0 Å². The zero-order valence-electron chi connectivity index (χ0n) is 18.2. The first kappa shape index (κ1) is 23.2. The minimum atomic E-state index is -0.122. The van der Waals surface area contributed by atoms with Crippen LogP contribution in [0.3, 0.4) is 0 Å². The van der Waals surface area contributed by atoms with Crippen LogP contribution in [0.25, 0.3) is 0 Å². The highest BCUT2D eigenvalue weighted by Crippen LogP contribution is 2.23. The van der Waals surface area contributed by atoms with Crippen LogP contribution in [0.1, 0.15) is 28.1 Å². The molecule has 6 nitrogen and oxygen atoms in total. The summed E-state index contributed by atoms with van der Waals surface area (Å²) in [7, 11) is 0. The van der Waals surface area contributed by atoms with Gasteiger partial charge in [-0.2, -0.15) is 0 Å². The molecule has 1 aromatic carbocycles. The van der Waals surface area contributed by atoms with E-state index in [2.05, 4.69) is 39.5 Å². The van der Waals surface area contributed by atoms with Gasteiger partial charge >= 0.3 is 0 Å². The molecule has 4 rings (SSSR count). The van der Waals surface area contributed by atoms with E-state index in [9.17, 15) is 4.79 Å². The Bertz CT molecular complexity index is 1100. The predicted octanol–water partition coefficient (Wildman–Crippen LogP) is 5.51. The molecule has 1 fully saturated rings. The van der Waals surface area contributed by atoms with E-state index in [0.29, 0.717) is 15.6 Å². The molecule has 0 saturated carbocycles. The molecule has 0 bridgehead atoms. The van der Waals surface area contributed by atoms with Gasteiger partial charge < -0.3 is 5.32 Å². The van der Waals surface area contributed by atoms with Gasteiger partial charge in [0.1, 0.15) is 5.84 Å². The first-order valence-corrected chi connectivity index (χ1v) is 12.1. The number of benzene rings is 1. The SMILES string of the molecule is N=C(/C=C\Nc1ccncc1Cl)N(C(=O)c1cccs1)C1CCN(Cc2ccccc2)CC1. The van der Waals surface area contributed by atoms with E-state index in [-0.39, 0.29) is 17.8 Å². The Morgan fingerprint density at radius 1 is 1.21 bits per heavy atom. The van der Waals surface area contributed by atoms with Crippen molar-refractivity contribution in [3.63, 3.8) is 0 Å². The van der Waals surface area contributed by atoms with E-state index in [1.165, 1.54) is 16.9 Å².